The van der Waals surface area contributed by atoms with Crippen LogP contribution in [0.5, 0.6) is 0 Å². The van der Waals surface area contributed by atoms with Crippen LogP contribution in [-0.2, 0) is 11.3 Å². The van der Waals surface area contributed by atoms with Gasteiger partial charge in [0.25, 0.3) is 0 Å². The number of anilines is 2. The molecule has 7 heteroatoms. The molecule has 0 fully saturated rings. The fourth-order valence-electron chi connectivity index (χ4n) is 1.71. The van der Waals surface area contributed by atoms with Gasteiger partial charge in [-0.2, -0.15) is 0 Å². The SMILES string of the molecule is CCOCc1nc(Cl)cc(Nc2cc(Br)c(F)cc2C)n1. The first-order chi connectivity index (χ1) is 9.99. The molecule has 1 heterocycles. The Bertz CT molecular complexity index is 654. The maximum Gasteiger partial charge on any atom is 0.158 e. The van der Waals surface area contributed by atoms with Gasteiger partial charge in [0.2, 0.25) is 0 Å². The molecule has 21 heavy (non-hydrogen) atoms. The highest BCUT2D eigenvalue weighted by molar-refractivity contribution is 9.10. The minimum Gasteiger partial charge on any atom is -0.374 e. The van der Waals surface area contributed by atoms with Gasteiger partial charge in [-0.1, -0.05) is 11.6 Å². The highest BCUT2D eigenvalue weighted by Crippen LogP contribution is 2.27. The number of hydrogen-bond acceptors (Lipinski definition) is 4. The van der Waals surface area contributed by atoms with E-state index in [9.17, 15) is 4.39 Å². The zero-order chi connectivity index (χ0) is 15.4. The summed E-state index contributed by atoms with van der Waals surface area (Å²) in [6, 6.07) is 4.70. The van der Waals surface area contributed by atoms with Crippen molar-refractivity contribution in [3.63, 3.8) is 0 Å². The van der Waals surface area contributed by atoms with Crippen molar-refractivity contribution < 1.29 is 9.13 Å². The molecule has 0 radical (unpaired) electrons. The fourth-order valence-corrected chi connectivity index (χ4v) is 2.25. The zero-order valence-electron chi connectivity index (χ0n) is 11.6. The van der Waals surface area contributed by atoms with E-state index in [0.29, 0.717) is 27.9 Å². The molecule has 112 valence electrons. The van der Waals surface area contributed by atoms with Crippen molar-refractivity contribution in [3.8, 4) is 0 Å². The topological polar surface area (TPSA) is 47.0 Å². The van der Waals surface area contributed by atoms with Gasteiger partial charge in [0.15, 0.2) is 5.82 Å². The molecule has 0 bridgehead atoms. The van der Waals surface area contributed by atoms with E-state index in [4.69, 9.17) is 16.3 Å². The molecular weight excluding hydrogens is 361 g/mol. The summed E-state index contributed by atoms with van der Waals surface area (Å²) in [5, 5.41) is 3.43. The van der Waals surface area contributed by atoms with Gasteiger partial charge in [0.05, 0.1) is 4.47 Å². The highest BCUT2D eigenvalue weighted by atomic mass is 79.9. The summed E-state index contributed by atoms with van der Waals surface area (Å²) >= 11 is 9.14. The van der Waals surface area contributed by atoms with E-state index in [0.717, 1.165) is 11.3 Å². The molecule has 0 spiro atoms. The lowest BCUT2D eigenvalue weighted by Crippen LogP contribution is -2.03. The maximum absolute atomic E-state index is 13.4. The van der Waals surface area contributed by atoms with Crippen molar-refractivity contribution in [2.24, 2.45) is 0 Å². The molecule has 0 atom stereocenters. The van der Waals surface area contributed by atoms with Gasteiger partial charge in [-0.3, -0.25) is 0 Å². The summed E-state index contributed by atoms with van der Waals surface area (Å²) in [5.74, 6) is 0.716. The number of rotatable bonds is 5. The van der Waals surface area contributed by atoms with E-state index in [1.807, 2.05) is 13.8 Å². The lowest BCUT2D eigenvalue weighted by atomic mass is 10.2. The molecular formula is C14H14BrClFN3O. The summed E-state index contributed by atoms with van der Waals surface area (Å²) in [7, 11) is 0. The molecule has 0 amide bonds. The van der Waals surface area contributed by atoms with E-state index in [-0.39, 0.29) is 12.4 Å². The van der Waals surface area contributed by atoms with Gasteiger partial charge in [-0.05, 0) is 47.5 Å². The van der Waals surface area contributed by atoms with Crippen molar-refractivity contribution in [1.29, 1.82) is 0 Å². The monoisotopic (exact) mass is 373 g/mol. The number of hydrogen-bond donors (Lipinski definition) is 1. The summed E-state index contributed by atoms with van der Waals surface area (Å²) in [4.78, 5) is 8.41. The third-order valence-electron chi connectivity index (χ3n) is 2.71. The summed E-state index contributed by atoms with van der Waals surface area (Å²) in [5.41, 5.74) is 1.50. The van der Waals surface area contributed by atoms with Crippen LogP contribution in [0, 0.1) is 12.7 Å². The third kappa shape index (κ3) is 4.36. The van der Waals surface area contributed by atoms with Crippen LogP contribution in [-0.4, -0.2) is 16.6 Å². The lowest BCUT2D eigenvalue weighted by Gasteiger charge is -2.11. The second kappa shape index (κ2) is 7.15. The van der Waals surface area contributed by atoms with Crippen LogP contribution in [0.2, 0.25) is 5.15 Å². The number of ether oxygens (including phenoxy) is 1. The van der Waals surface area contributed by atoms with E-state index in [2.05, 4.69) is 31.2 Å². The number of nitrogens with zero attached hydrogens (tertiary/aromatic N) is 2. The van der Waals surface area contributed by atoms with Gasteiger partial charge in [-0.15, -0.1) is 0 Å². The highest BCUT2D eigenvalue weighted by Gasteiger charge is 2.08. The molecule has 0 unspecified atom stereocenters. The fraction of sp³-hybridized carbons (Fsp3) is 0.286. The first-order valence-corrected chi connectivity index (χ1v) is 7.50. The van der Waals surface area contributed by atoms with Crippen molar-refractivity contribution in [1.82, 2.24) is 9.97 Å². The van der Waals surface area contributed by atoms with Crippen molar-refractivity contribution in [2.45, 2.75) is 20.5 Å². The van der Waals surface area contributed by atoms with Gasteiger partial charge >= 0.3 is 0 Å². The van der Waals surface area contributed by atoms with Crippen LogP contribution in [0.25, 0.3) is 0 Å². The van der Waals surface area contributed by atoms with Gasteiger partial charge in [0.1, 0.15) is 23.4 Å². The number of aryl methyl sites for hydroxylation is 1. The third-order valence-corrected chi connectivity index (χ3v) is 3.51. The Morgan fingerprint density at radius 3 is 2.81 bits per heavy atom. The number of halogens is 3. The van der Waals surface area contributed by atoms with Crippen LogP contribution in [0.3, 0.4) is 0 Å². The number of aromatic nitrogens is 2. The lowest BCUT2D eigenvalue weighted by molar-refractivity contribution is 0.128. The average Bonchev–Trinajstić information content (AvgIpc) is 2.42. The molecule has 1 aromatic carbocycles. The normalized spacial score (nSPS) is 10.7. The van der Waals surface area contributed by atoms with Crippen LogP contribution < -0.4 is 5.32 Å². The molecule has 0 saturated carbocycles. The Hall–Kier alpha value is -1.24. The predicted octanol–water partition coefficient (Wildman–Crippen LogP) is 4.62. The summed E-state index contributed by atoms with van der Waals surface area (Å²) in [6.45, 7) is 4.56. The Labute approximate surface area is 135 Å². The minimum atomic E-state index is -0.309. The van der Waals surface area contributed by atoms with E-state index >= 15 is 0 Å². The minimum absolute atomic E-state index is 0.290. The standard InChI is InChI=1S/C14H14BrClFN3O/c1-3-21-7-14-19-12(16)6-13(20-14)18-11-5-9(15)10(17)4-8(11)2/h4-6H,3,7H2,1-2H3,(H,18,19,20). The van der Waals surface area contributed by atoms with Crippen molar-refractivity contribution in [2.75, 3.05) is 11.9 Å². The second-order valence-electron chi connectivity index (χ2n) is 4.34. The van der Waals surface area contributed by atoms with E-state index in [1.165, 1.54) is 6.07 Å². The van der Waals surface area contributed by atoms with Crippen LogP contribution in [0.1, 0.15) is 18.3 Å². The Morgan fingerprint density at radius 2 is 2.10 bits per heavy atom. The first kappa shape index (κ1) is 16.1. The van der Waals surface area contributed by atoms with Gasteiger partial charge in [0, 0.05) is 18.4 Å². The van der Waals surface area contributed by atoms with Crippen molar-refractivity contribution in [3.05, 3.63) is 45.0 Å². The van der Waals surface area contributed by atoms with Gasteiger partial charge in [-0.25, -0.2) is 14.4 Å². The van der Waals surface area contributed by atoms with E-state index in [1.54, 1.807) is 12.1 Å². The first-order valence-electron chi connectivity index (χ1n) is 6.33. The molecule has 0 aliphatic carbocycles. The molecule has 0 aliphatic rings. The summed E-state index contributed by atoms with van der Waals surface area (Å²) < 4.78 is 19.1. The molecule has 4 nitrogen and oxygen atoms in total. The number of benzene rings is 1. The maximum atomic E-state index is 13.4. The molecule has 1 aromatic heterocycles. The molecule has 2 rings (SSSR count). The Kier molecular flexibility index (Phi) is 5.50. The zero-order valence-corrected chi connectivity index (χ0v) is 13.9. The average molecular weight is 375 g/mol. The van der Waals surface area contributed by atoms with Gasteiger partial charge < -0.3 is 10.1 Å². The van der Waals surface area contributed by atoms with E-state index < -0.39 is 0 Å². The van der Waals surface area contributed by atoms with Crippen molar-refractivity contribution >= 4 is 39.0 Å². The van der Waals surface area contributed by atoms with Crippen LogP contribution in [0.4, 0.5) is 15.9 Å². The molecule has 0 aliphatic heterocycles. The number of nitrogens with one attached hydrogen (secondary N) is 1. The largest absolute Gasteiger partial charge is 0.374 e. The van der Waals surface area contributed by atoms with Crippen LogP contribution in [0.15, 0.2) is 22.7 Å². The summed E-state index contributed by atoms with van der Waals surface area (Å²) in [6.07, 6.45) is 0. The Balaban J connectivity index is 2.27. The molecule has 1 N–H and O–H groups in total. The predicted molar refractivity (Wildman–Crippen MR) is 84.5 cm³/mol. The smallest absolute Gasteiger partial charge is 0.158 e. The molecule has 0 saturated heterocycles. The quantitative estimate of drug-likeness (QED) is 0.776. The second-order valence-corrected chi connectivity index (χ2v) is 5.58. The Morgan fingerprint density at radius 1 is 1.33 bits per heavy atom. The molecule has 2 aromatic rings. The van der Waals surface area contributed by atoms with Crippen LogP contribution >= 0.6 is 27.5 Å².